The Hall–Kier alpha value is -4.52. The topological polar surface area (TPSA) is 247 Å². The van der Waals surface area contributed by atoms with E-state index in [1.54, 1.807) is 65.3 Å². The molecule has 7 fully saturated rings. The number of esters is 2. The molecule has 0 radical (unpaired) electrons. The summed E-state index contributed by atoms with van der Waals surface area (Å²) in [5.41, 5.74) is 5.10. The molecule has 626 valence electrons. The molecule has 2 aromatic heterocycles. The lowest BCUT2D eigenvalue weighted by Gasteiger charge is -2.44. The Morgan fingerprint density at radius 3 is 1.39 bits per heavy atom. The monoisotopic (exact) mass is 1660 g/mol. The van der Waals surface area contributed by atoms with E-state index < -0.39 is 60.9 Å². The first-order valence-corrected chi connectivity index (χ1v) is 44.2. The number of likely N-dealkylation sites (N-methyl/N-ethyl adjacent to an activating group) is 1. The number of rotatable bonds is 17. The number of benzene rings is 2. The van der Waals surface area contributed by atoms with Crippen LogP contribution in [0.4, 0.5) is 0 Å². The summed E-state index contributed by atoms with van der Waals surface area (Å²) in [6.45, 7) is 13.9. The van der Waals surface area contributed by atoms with Crippen LogP contribution in [0.15, 0.2) is 71.8 Å². The number of ether oxygens (including phenoxy) is 14. The predicted molar refractivity (Wildman–Crippen MR) is 432 cm³/mol. The number of thiazole rings is 2. The third kappa shape index (κ3) is 17.4. The number of hydrogen-bond acceptors (Lipinski definition) is 24. The lowest BCUT2D eigenvalue weighted by atomic mass is 9.67. The third-order valence-electron chi connectivity index (χ3n) is 27.4. The van der Waals surface area contributed by atoms with E-state index in [9.17, 15) is 19.5 Å². The number of allylic oxidation sites excluding steroid dienone is 4. The fourth-order valence-corrected chi connectivity index (χ4v) is 24.5. The average Bonchev–Trinajstić information content (AvgIpc) is 1.56. The molecule has 5 aliphatic heterocycles. The molecule has 11 aliphatic rings. The molecular weight excluding hydrogens is 1540 g/mol. The highest BCUT2D eigenvalue weighted by Gasteiger charge is 2.60. The minimum absolute atomic E-state index is 0.00310. The van der Waals surface area contributed by atoms with Gasteiger partial charge in [0.05, 0.1) is 67.0 Å². The van der Waals surface area contributed by atoms with Crippen LogP contribution in [0.2, 0.25) is 10.0 Å². The second-order valence-corrected chi connectivity index (χ2v) is 37.0. The van der Waals surface area contributed by atoms with Gasteiger partial charge in [-0.1, -0.05) is 87.3 Å². The SMILES string of the molecule is CC[C@H]1CCC[C@H](O)[C@@H](C)C(=O)C2=C[C@H]3[C@@H]4C[C@H](O[C@@H]5OC(C)[C@H](OC)C(OC)[C@@H]5OC)C[C@H]4c4sc(-c5cccc(Cl)c5)nc4[C@H]3[C@@H]2CC(=O)O1.CC[C@H]1CCC[C@H](O[C@H]2CC[C@H](N(C)C)C(C)O2)[C@@H](C)C(=O)C2=C[C@H]3[C@@H]4C[C@H](O[C@@H]5OC(C)[C@H](OC)C(OC)[C@@H]5OC)C[C@H]4c4sc(-c5cccc(Cl)c5)nc4[C@H]3[C@@H]2CC(=O)O1. The van der Waals surface area contributed by atoms with E-state index in [4.69, 9.17) is 99.5 Å². The van der Waals surface area contributed by atoms with Crippen LogP contribution in [0.3, 0.4) is 0 Å². The molecule has 26 heteroatoms. The van der Waals surface area contributed by atoms with Gasteiger partial charge in [-0.15, -0.1) is 22.7 Å². The summed E-state index contributed by atoms with van der Waals surface area (Å²) in [5, 5.41) is 14.2. The van der Waals surface area contributed by atoms with E-state index in [2.05, 4.69) is 45.0 Å². The molecule has 15 rings (SSSR count). The maximum Gasteiger partial charge on any atom is 0.306 e. The van der Waals surface area contributed by atoms with E-state index in [0.717, 1.165) is 83.9 Å². The van der Waals surface area contributed by atoms with Gasteiger partial charge in [-0.3, -0.25) is 19.2 Å². The van der Waals surface area contributed by atoms with Crippen molar-refractivity contribution in [3.05, 3.63) is 103 Å². The third-order valence-corrected chi connectivity index (χ3v) is 30.3. The van der Waals surface area contributed by atoms with Gasteiger partial charge < -0.3 is 76.3 Å². The summed E-state index contributed by atoms with van der Waals surface area (Å²) < 4.78 is 87.3. The van der Waals surface area contributed by atoms with Crippen molar-refractivity contribution in [2.45, 2.75) is 291 Å². The zero-order chi connectivity index (χ0) is 80.8. The molecule has 0 amide bonds. The molecule has 0 bridgehead atoms. The summed E-state index contributed by atoms with van der Waals surface area (Å²) in [6.07, 6.45) is 8.04. The molecule has 5 saturated heterocycles. The average molecular weight is 1660 g/mol. The maximum atomic E-state index is 15.2. The predicted octanol–water partition coefficient (Wildman–Crippen LogP) is 15.2. The van der Waals surface area contributed by atoms with Crippen molar-refractivity contribution in [1.29, 1.82) is 0 Å². The number of carbonyl (C=O) groups is 4. The highest BCUT2D eigenvalue weighted by atomic mass is 35.5. The van der Waals surface area contributed by atoms with Crippen molar-refractivity contribution in [1.82, 2.24) is 14.9 Å². The zero-order valence-electron chi connectivity index (χ0n) is 68.7. The summed E-state index contributed by atoms with van der Waals surface area (Å²) in [7, 11) is 14.1. The van der Waals surface area contributed by atoms with E-state index in [0.29, 0.717) is 65.8 Å². The normalized spacial score (nSPS) is 39.8. The molecule has 7 heterocycles. The summed E-state index contributed by atoms with van der Waals surface area (Å²) in [6, 6.07) is 15.8. The van der Waals surface area contributed by atoms with Crippen LogP contribution in [0.5, 0.6) is 0 Å². The molecule has 1 N–H and O–H groups in total. The minimum atomic E-state index is -0.772. The van der Waals surface area contributed by atoms with Gasteiger partial charge in [0.25, 0.3) is 0 Å². The van der Waals surface area contributed by atoms with Gasteiger partial charge in [-0.25, -0.2) is 9.97 Å². The maximum absolute atomic E-state index is 15.2. The molecule has 5 unspecified atom stereocenters. The Kier molecular flexibility index (Phi) is 28.0. The molecule has 22 nitrogen and oxygen atoms in total. The van der Waals surface area contributed by atoms with Gasteiger partial charge in [0.2, 0.25) is 0 Å². The number of fused-ring (bicyclic) bond motifs is 16. The van der Waals surface area contributed by atoms with Crippen LogP contribution in [0.1, 0.15) is 196 Å². The molecule has 114 heavy (non-hydrogen) atoms. The van der Waals surface area contributed by atoms with Crippen LogP contribution < -0.4 is 0 Å². The molecule has 2 aromatic carbocycles. The second kappa shape index (κ2) is 37.2. The number of methoxy groups -OCH3 is 6. The highest BCUT2D eigenvalue weighted by molar-refractivity contribution is 7.15. The molecular formula is C88H119Cl2N3O19S2. The van der Waals surface area contributed by atoms with Crippen molar-refractivity contribution in [3.8, 4) is 21.1 Å². The van der Waals surface area contributed by atoms with Crippen LogP contribution in [0, 0.1) is 47.3 Å². The molecule has 4 aromatic rings. The Labute approximate surface area is 690 Å². The standard InChI is InChI=1S/C48H67ClN2O10S.C40H52ClNO9S/c1-10-29-15-12-16-37(61-39-18-17-36(51(5)6)25(3)57-39)24(2)42(53)34-22-32-31-20-30(60-48-45(56-9)44(55-8)43(54-7)26(4)58-48)21-35(31)46-41(40(32)33(34)23-38(52)59-29)50-47(62-46)27-13-11-14-28(49)19-27;1-7-23-12-9-13-30(43)19(2)34(45)28-17-26-25-15-24(51-40-37(48-6)36(47-5)35(46-4)20(3)49-40)16-29(25)38-33(32(26)27(28)18-31(44)50-23)42-39(52-38)21-10-8-11-22(41)14-21/h11,13-14,19,22,24-26,29-33,35-37,39-40,43-45,48H,10,12,15-18,20-21,23H2,1-9H3;8,10-11,14,17,19-20,23-27,29-30,32,35-37,40,43H,7,9,12-13,15-16,18H2,1-6H3/t24-,25?,26?,29+,30+,31+,32+,33-,35-,36+,37+,39+,40-,43+,44?,45+,48+;19-,20?,23+,24+,25+,26+,27-,29-,30+,32-,35+,36?,37+,40+/m11/s1. The van der Waals surface area contributed by atoms with Gasteiger partial charge >= 0.3 is 11.9 Å². The van der Waals surface area contributed by atoms with Crippen LogP contribution in [-0.2, 0) is 85.5 Å². The Morgan fingerprint density at radius 2 is 0.965 bits per heavy atom. The Bertz CT molecular complexity index is 4080. The first kappa shape index (κ1) is 85.9. The Morgan fingerprint density at radius 1 is 0.518 bits per heavy atom. The van der Waals surface area contributed by atoms with Gasteiger partial charge in [0.1, 0.15) is 58.8 Å². The first-order chi connectivity index (χ1) is 54.9. The number of Topliss-reactive ketones (excluding diaryl/α,β-unsaturated/α-hetero) is 2. The van der Waals surface area contributed by atoms with Crippen LogP contribution in [-0.4, -0.2) is 217 Å². The number of aliphatic hydroxyl groups excluding tert-OH is 1. The number of carbonyl (C=O) groups excluding carboxylic acids is 4. The number of aromatic nitrogens is 2. The van der Waals surface area contributed by atoms with Gasteiger partial charge in [-0.05, 0) is 184 Å². The summed E-state index contributed by atoms with van der Waals surface area (Å²) in [4.78, 5) is 72.6. The van der Waals surface area contributed by atoms with Crippen LogP contribution in [0.25, 0.3) is 21.1 Å². The van der Waals surface area contributed by atoms with E-state index in [1.165, 1.54) is 9.75 Å². The van der Waals surface area contributed by atoms with Gasteiger partial charge in [-0.2, -0.15) is 0 Å². The largest absolute Gasteiger partial charge is 0.462 e. The number of nitrogens with zero attached hydrogens (tertiary/aromatic N) is 3. The number of aliphatic hydroxyl groups is 1. The molecule has 2 saturated carbocycles. The highest BCUT2D eigenvalue weighted by Crippen LogP contribution is 2.65. The van der Waals surface area contributed by atoms with Gasteiger partial charge in [0.15, 0.2) is 30.4 Å². The lowest BCUT2D eigenvalue weighted by molar-refractivity contribution is -0.314. The smallest absolute Gasteiger partial charge is 0.306 e. The number of cyclic esters (lactones) is 2. The van der Waals surface area contributed by atoms with Gasteiger partial charge in [0, 0.05) is 127 Å². The van der Waals surface area contributed by atoms with E-state index in [-0.39, 0.29) is 157 Å². The molecule has 31 atom stereocenters. The van der Waals surface area contributed by atoms with Crippen molar-refractivity contribution >= 4 is 69.4 Å². The number of hydrogen-bond donors (Lipinski definition) is 1. The van der Waals surface area contributed by atoms with Crippen molar-refractivity contribution in [3.63, 3.8) is 0 Å². The minimum Gasteiger partial charge on any atom is -0.462 e. The molecule has 0 spiro atoms. The molecule has 6 aliphatic carbocycles. The quantitative estimate of drug-likeness (QED) is 0.0965. The fraction of sp³-hybridized carbons (Fsp3) is 0.705. The zero-order valence-corrected chi connectivity index (χ0v) is 71.8. The Balaban J connectivity index is 0.000000192. The van der Waals surface area contributed by atoms with E-state index in [1.807, 2.05) is 83.1 Å². The second-order valence-electron chi connectivity index (χ2n) is 34.1. The lowest BCUT2D eigenvalue weighted by Crippen LogP contribution is -2.59. The fourth-order valence-electron chi connectivity index (χ4n) is 21.5. The van der Waals surface area contributed by atoms with Crippen molar-refractivity contribution < 1.29 is 90.6 Å². The number of halogens is 2. The van der Waals surface area contributed by atoms with Crippen LogP contribution >= 0.6 is 45.9 Å². The summed E-state index contributed by atoms with van der Waals surface area (Å²) in [5.74, 6) is -2.47. The number of ketones is 2. The van der Waals surface area contributed by atoms with E-state index >= 15 is 4.79 Å². The van der Waals surface area contributed by atoms with Crippen molar-refractivity contribution in [2.75, 3.05) is 56.8 Å². The summed E-state index contributed by atoms with van der Waals surface area (Å²) >= 11 is 16.3. The van der Waals surface area contributed by atoms with Crippen molar-refractivity contribution in [2.24, 2.45) is 47.3 Å². The first-order valence-electron chi connectivity index (χ1n) is 41.8.